The maximum atomic E-state index is 9.78. The predicted octanol–water partition coefficient (Wildman–Crippen LogP) is 4.60. The molecule has 0 amide bonds. The maximum absolute atomic E-state index is 9.78. The van der Waals surface area contributed by atoms with Crippen LogP contribution in [0.4, 0.5) is 0 Å². The molecule has 1 radical (unpaired) electrons. The first-order valence-electron chi connectivity index (χ1n) is 6.19. The molecule has 1 heteroatoms. The van der Waals surface area contributed by atoms with Crippen LogP contribution in [-0.4, -0.2) is 5.11 Å². The van der Waals surface area contributed by atoms with Crippen LogP contribution in [-0.2, 0) is 0 Å². The van der Waals surface area contributed by atoms with Gasteiger partial charge in [-0.3, -0.25) is 0 Å². The molecule has 0 fully saturated rings. The molecule has 1 N–H and O–H groups in total. The van der Waals surface area contributed by atoms with E-state index in [1.54, 1.807) is 0 Å². The van der Waals surface area contributed by atoms with Gasteiger partial charge in [0, 0.05) is 0 Å². The highest BCUT2D eigenvalue weighted by Crippen LogP contribution is 2.33. The van der Waals surface area contributed by atoms with Gasteiger partial charge < -0.3 is 5.11 Å². The van der Waals surface area contributed by atoms with Crippen LogP contribution < -0.4 is 0 Å². The van der Waals surface area contributed by atoms with E-state index in [-0.39, 0.29) is 0 Å². The van der Waals surface area contributed by atoms with Crippen molar-refractivity contribution in [3.05, 3.63) is 35.7 Å². The first-order valence-corrected chi connectivity index (χ1v) is 6.19. The minimum Gasteiger partial charge on any atom is -0.508 e. The van der Waals surface area contributed by atoms with Gasteiger partial charge in [-0.1, -0.05) is 27.7 Å². The van der Waals surface area contributed by atoms with Crippen LogP contribution in [0.25, 0.3) is 0 Å². The third-order valence-electron chi connectivity index (χ3n) is 3.59. The van der Waals surface area contributed by atoms with E-state index in [9.17, 15) is 5.11 Å². The fraction of sp³-hybridized carbons (Fsp3) is 0.533. The van der Waals surface area contributed by atoms with Crippen LogP contribution in [0.3, 0.4) is 0 Å². The summed E-state index contributed by atoms with van der Waals surface area (Å²) in [7, 11) is 0. The Labute approximate surface area is 99.5 Å². The Balaban J connectivity index is 3.25. The standard InChI is InChI=1S/C15H23O/c1-6-10(3)14-8-13(16)9-15(12(14)5)11(4)7-2/h8-11,16H,5-7H2,1-4H3. The van der Waals surface area contributed by atoms with Crippen molar-refractivity contribution in [3.63, 3.8) is 0 Å². The van der Waals surface area contributed by atoms with E-state index in [2.05, 4.69) is 34.6 Å². The molecule has 0 aromatic heterocycles. The van der Waals surface area contributed by atoms with Gasteiger partial charge in [-0.25, -0.2) is 0 Å². The number of phenolic OH excluding ortho intramolecular Hbond substituents is 1. The molecule has 2 atom stereocenters. The number of hydrogen-bond acceptors (Lipinski definition) is 1. The first-order chi connectivity index (χ1) is 7.51. The molecule has 1 nitrogen and oxygen atoms in total. The van der Waals surface area contributed by atoms with Crippen LogP contribution in [0.15, 0.2) is 12.1 Å². The lowest BCUT2D eigenvalue weighted by Crippen LogP contribution is -2.02. The zero-order chi connectivity index (χ0) is 12.3. The summed E-state index contributed by atoms with van der Waals surface area (Å²) >= 11 is 0. The molecule has 16 heavy (non-hydrogen) atoms. The van der Waals surface area contributed by atoms with Crippen LogP contribution in [0.1, 0.15) is 69.1 Å². The average Bonchev–Trinajstić information content (AvgIpc) is 2.29. The van der Waals surface area contributed by atoms with E-state index < -0.39 is 0 Å². The third kappa shape index (κ3) is 2.58. The van der Waals surface area contributed by atoms with Gasteiger partial charge in [-0.05, 0) is 60.4 Å². The maximum Gasteiger partial charge on any atom is 0.116 e. The molecule has 0 saturated heterocycles. The Morgan fingerprint density at radius 3 is 1.75 bits per heavy atom. The Bertz CT molecular complexity index is 323. The Morgan fingerprint density at radius 1 is 1.06 bits per heavy atom. The summed E-state index contributed by atoms with van der Waals surface area (Å²) in [6, 6.07) is 3.73. The molecule has 0 aliphatic carbocycles. The Kier molecular flexibility index (Phi) is 4.40. The molecule has 2 unspecified atom stereocenters. The van der Waals surface area contributed by atoms with Gasteiger partial charge in [0.2, 0.25) is 0 Å². The fourth-order valence-corrected chi connectivity index (χ4v) is 2.02. The summed E-state index contributed by atoms with van der Waals surface area (Å²) in [6.45, 7) is 12.9. The van der Waals surface area contributed by atoms with Crippen molar-refractivity contribution < 1.29 is 5.11 Å². The smallest absolute Gasteiger partial charge is 0.116 e. The summed E-state index contributed by atoms with van der Waals surface area (Å²) < 4.78 is 0. The molecular weight excluding hydrogens is 196 g/mol. The topological polar surface area (TPSA) is 20.2 Å². The minimum atomic E-state index is 0.373. The normalized spacial score (nSPS) is 14.8. The minimum absolute atomic E-state index is 0.373. The molecule has 1 rings (SSSR count). The highest BCUT2D eigenvalue weighted by atomic mass is 16.3. The average molecular weight is 219 g/mol. The third-order valence-corrected chi connectivity index (χ3v) is 3.59. The van der Waals surface area contributed by atoms with Crippen molar-refractivity contribution >= 4 is 0 Å². The van der Waals surface area contributed by atoms with E-state index >= 15 is 0 Å². The molecule has 0 aliphatic heterocycles. The van der Waals surface area contributed by atoms with Crippen LogP contribution >= 0.6 is 0 Å². The molecule has 0 saturated carbocycles. The number of rotatable bonds is 4. The van der Waals surface area contributed by atoms with E-state index in [1.165, 1.54) is 11.1 Å². The fourth-order valence-electron chi connectivity index (χ4n) is 2.02. The summed E-state index contributed by atoms with van der Waals surface area (Å²) in [5.74, 6) is 1.29. The van der Waals surface area contributed by atoms with Crippen molar-refractivity contribution in [1.82, 2.24) is 0 Å². The summed E-state index contributed by atoms with van der Waals surface area (Å²) in [6.07, 6.45) is 2.15. The van der Waals surface area contributed by atoms with E-state index in [1.807, 2.05) is 12.1 Å². The van der Waals surface area contributed by atoms with Crippen molar-refractivity contribution in [2.24, 2.45) is 0 Å². The van der Waals surface area contributed by atoms with Crippen molar-refractivity contribution in [2.75, 3.05) is 0 Å². The number of phenols is 1. The molecule has 0 aliphatic rings. The number of hydrogen-bond donors (Lipinski definition) is 1. The van der Waals surface area contributed by atoms with Gasteiger partial charge in [-0.2, -0.15) is 0 Å². The molecule has 0 bridgehead atoms. The largest absolute Gasteiger partial charge is 0.508 e. The quantitative estimate of drug-likeness (QED) is 0.784. The van der Waals surface area contributed by atoms with E-state index in [0.717, 1.165) is 18.4 Å². The zero-order valence-corrected chi connectivity index (χ0v) is 10.9. The van der Waals surface area contributed by atoms with Gasteiger partial charge >= 0.3 is 0 Å². The van der Waals surface area contributed by atoms with Crippen molar-refractivity contribution in [2.45, 2.75) is 52.4 Å². The summed E-state index contributed by atoms with van der Waals surface area (Å²) in [5, 5.41) is 9.78. The highest BCUT2D eigenvalue weighted by Gasteiger charge is 2.14. The second-order valence-corrected chi connectivity index (χ2v) is 4.72. The highest BCUT2D eigenvalue weighted by molar-refractivity contribution is 5.46. The summed E-state index contributed by atoms with van der Waals surface area (Å²) in [4.78, 5) is 0. The molecular formula is C15H23O. The molecule has 1 aromatic carbocycles. The molecule has 0 heterocycles. The zero-order valence-electron chi connectivity index (χ0n) is 10.9. The lowest BCUT2D eigenvalue weighted by molar-refractivity contribution is 0.471. The number of benzene rings is 1. The SMILES string of the molecule is [CH2]c1c(C(C)CC)cc(O)cc1C(C)CC. The van der Waals surface area contributed by atoms with Gasteiger partial charge in [0.05, 0.1) is 0 Å². The van der Waals surface area contributed by atoms with Crippen molar-refractivity contribution in [3.8, 4) is 5.75 Å². The Hall–Kier alpha value is -0.980. The van der Waals surface area contributed by atoms with Gasteiger partial charge in [0.15, 0.2) is 0 Å². The predicted molar refractivity (Wildman–Crippen MR) is 70.0 cm³/mol. The lowest BCUT2D eigenvalue weighted by Gasteiger charge is -2.20. The van der Waals surface area contributed by atoms with Gasteiger partial charge in [0.1, 0.15) is 5.75 Å². The number of aromatic hydroxyl groups is 1. The molecule has 89 valence electrons. The van der Waals surface area contributed by atoms with Crippen LogP contribution in [0.2, 0.25) is 0 Å². The molecule has 1 aromatic rings. The first kappa shape index (κ1) is 13.1. The van der Waals surface area contributed by atoms with Gasteiger partial charge in [-0.15, -0.1) is 0 Å². The second-order valence-electron chi connectivity index (χ2n) is 4.72. The van der Waals surface area contributed by atoms with Gasteiger partial charge in [0.25, 0.3) is 0 Å². The Morgan fingerprint density at radius 2 is 1.44 bits per heavy atom. The monoisotopic (exact) mass is 219 g/mol. The van der Waals surface area contributed by atoms with Crippen LogP contribution in [0.5, 0.6) is 5.75 Å². The lowest BCUT2D eigenvalue weighted by atomic mass is 9.86. The van der Waals surface area contributed by atoms with Crippen LogP contribution in [0, 0.1) is 6.92 Å². The van der Waals surface area contributed by atoms with Crippen molar-refractivity contribution in [1.29, 1.82) is 0 Å². The molecule has 0 spiro atoms. The summed E-state index contributed by atoms with van der Waals surface area (Å²) in [5.41, 5.74) is 3.50. The van der Waals surface area contributed by atoms with E-state index in [4.69, 9.17) is 0 Å². The van der Waals surface area contributed by atoms with E-state index in [0.29, 0.717) is 17.6 Å². The second kappa shape index (κ2) is 5.38.